The zero-order chi connectivity index (χ0) is 18.4. The molecular weight excluding hydrogens is 334 g/mol. The second kappa shape index (κ2) is 8.02. The molecule has 0 atom stereocenters. The Morgan fingerprint density at radius 3 is 2.19 bits per heavy atom. The molecule has 0 bridgehead atoms. The van der Waals surface area contributed by atoms with Crippen molar-refractivity contribution in [2.75, 3.05) is 25.3 Å². The molecule has 0 aliphatic carbocycles. The molecular formula is C18H19N5O3. The fourth-order valence-electron chi connectivity index (χ4n) is 2.22. The molecule has 0 aliphatic heterocycles. The maximum absolute atomic E-state index is 5.78. The van der Waals surface area contributed by atoms with Crippen molar-refractivity contribution in [1.29, 1.82) is 0 Å². The van der Waals surface area contributed by atoms with Crippen molar-refractivity contribution in [3.63, 3.8) is 0 Å². The molecule has 3 aromatic rings. The lowest BCUT2D eigenvalue weighted by Gasteiger charge is -2.11. The number of nitrogen functional groups attached to an aromatic ring is 1. The molecule has 2 aromatic carbocycles. The highest BCUT2D eigenvalue weighted by atomic mass is 16.5. The molecule has 0 saturated heterocycles. The van der Waals surface area contributed by atoms with Gasteiger partial charge in [0.15, 0.2) is 5.82 Å². The van der Waals surface area contributed by atoms with Crippen LogP contribution in [0.25, 0.3) is 0 Å². The summed E-state index contributed by atoms with van der Waals surface area (Å²) in [6.07, 6.45) is 0. The molecule has 0 amide bonds. The van der Waals surface area contributed by atoms with Gasteiger partial charge in [0.1, 0.15) is 23.9 Å². The molecule has 3 N–H and O–H groups in total. The van der Waals surface area contributed by atoms with Crippen LogP contribution in [0.4, 0.5) is 17.6 Å². The first kappa shape index (κ1) is 17.3. The number of nitrogens with two attached hydrogens (primary N) is 1. The Morgan fingerprint density at radius 2 is 1.54 bits per heavy atom. The third-order valence-electron chi connectivity index (χ3n) is 3.42. The van der Waals surface area contributed by atoms with Gasteiger partial charge in [0.25, 0.3) is 0 Å². The summed E-state index contributed by atoms with van der Waals surface area (Å²) >= 11 is 0. The lowest BCUT2D eigenvalue weighted by molar-refractivity contribution is 0.291. The van der Waals surface area contributed by atoms with E-state index in [-0.39, 0.29) is 12.6 Å². The average Bonchev–Trinajstić information content (AvgIpc) is 2.66. The minimum atomic E-state index is 0.111. The number of ether oxygens (including phenoxy) is 3. The van der Waals surface area contributed by atoms with Crippen LogP contribution in [0, 0.1) is 0 Å². The van der Waals surface area contributed by atoms with Gasteiger partial charge >= 0.3 is 0 Å². The van der Waals surface area contributed by atoms with E-state index in [2.05, 4.69) is 20.3 Å². The second-order valence-corrected chi connectivity index (χ2v) is 5.26. The van der Waals surface area contributed by atoms with Gasteiger partial charge in [-0.05, 0) is 12.1 Å². The standard InChI is InChI=1S/C18H19N5O3/c1-24-13-8-14(25-2)10-15(9-13)26-11-16-21-17(19)23-18(22-16)20-12-6-4-3-5-7-12/h3-10H,11H2,1-2H3,(H3,19,20,21,22,23). The van der Waals surface area contributed by atoms with Gasteiger partial charge in [-0.25, -0.2) is 0 Å². The first-order valence-electron chi connectivity index (χ1n) is 7.84. The first-order chi connectivity index (χ1) is 12.7. The maximum Gasteiger partial charge on any atom is 0.232 e. The molecule has 0 spiro atoms. The van der Waals surface area contributed by atoms with E-state index in [1.54, 1.807) is 32.4 Å². The minimum Gasteiger partial charge on any atom is -0.496 e. The van der Waals surface area contributed by atoms with Crippen LogP contribution in [0.3, 0.4) is 0 Å². The fraction of sp³-hybridized carbons (Fsp3) is 0.167. The topological polar surface area (TPSA) is 104 Å². The minimum absolute atomic E-state index is 0.111. The fourth-order valence-corrected chi connectivity index (χ4v) is 2.22. The van der Waals surface area contributed by atoms with Gasteiger partial charge in [-0.3, -0.25) is 0 Å². The summed E-state index contributed by atoms with van der Waals surface area (Å²) in [5, 5.41) is 3.08. The van der Waals surface area contributed by atoms with Gasteiger partial charge < -0.3 is 25.3 Å². The van der Waals surface area contributed by atoms with Gasteiger partial charge in [0, 0.05) is 23.9 Å². The SMILES string of the molecule is COc1cc(OC)cc(OCc2nc(N)nc(Nc3ccccc3)n2)c1. The van der Waals surface area contributed by atoms with E-state index < -0.39 is 0 Å². The van der Waals surface area contributed by atoms with Crippen molar-refractivity contribution >= 4 is 17.6 Å². The van der Waals surface area contributed by atoms with Crippen molar-refractivity contribution in [3.8, 4) is 17.2 Å². The largest absolute Gasteiger partial charge is 0.496 e. The molecule has 0 radical (unpaired) electrons. The van der Waals surface area contributed by atoms with Crippen LogP contribution in [-0.2, 0) is 6.61 Å². The van der Waals surface area contributed by atoms with Gasteiger partial charge in [-0.15, -0.1) is 0 Å². The molecule has 0 fully saturated rings. The van der Waals surface area contributed by atoms with Crippen molar-refractivity contribution in [1.82, 2.24) is 15.0 Å². The smallest absolute Gasteiger partial charge is 0.232 e. The summed E-state index contributed by atoms with van der Waals surface area (Å²) in [6.45, 7) is 0.118. The van der Waals surface area contributed by atoms with Crippen LogP contribution in [0.5, 0.6) is 17.2 Å². The molecule has 134 valence electrons. The van der Waals surface area contributed by atoms with Gasteiger partial charge in [-0.2, -0.15) is 15.0 Å². The van der Waals surface area contributed by atoms with E-state index in [9.17, 15) is 0 Å². The van der Waals surface area contributed by atoms with Crippen molar-refractivity contribution < 1.29 is 14.2 Å². The Morgan fingerprint density at radius 1 is 0.885 bits per heavy atom. The molecule has 3 rings (SSSR count). The van der Waals surface area contributed by atoms with E-state index in [1.165, 1.54) is 0 Å². The van der Waals surface area contributed by atoms with Gasteiger partial charge in [0.05, 0.1) is 14.2 Å². The van der Waals surface area contributed by atoms with Gasteiger partial charge in [-0.1, -0.05) is 18.2 Å². The highest BCUT2D eigenvalue weighted by Crippen LogP contribution is 2.27. The van der Waals surface area contributed by atoms with Crippen LogP contribution < -0.4 is 25.3 Å². The van der Waals surface area contributed by atoms with E-state index in [1.807, 2.05) is 30.3 Å². The number of nitrogens with zero attached hydrogens (tertiary/aromatic N) is 3. The lowest BCUT2D eigenvalue weighted by Crippen LogP contribution is -2.09. The van der Waals surface area contributed by atoms with Crippen LogP contribution in [0.1, 0.15) is 5.82 Å². The molecule has 0 unspecified atom stereocenters. The number of anilines is 3. The molecule has 0 aliphatic rings. The summed E-state index contributed by atoms with van der Waals surface area (Å²) in [5.74, 6) is 2.68. The highest BCUT2D eigenvalue weighted by Gasteiger charge is 2.08. The van der Waals surface area contributed by atoms with E-state index in [0.29, 0.717) is 29.0 Å². The first-order valence-corrected chi connectivity index (χ1v) is 7.84. The van der Waals surface area contributed by atoms with Crippen molar-refractivity contribution in [3.05, 3.63) is 54.4 Å². The Labute approximate surface area is 151 Å². The van der Waals surface area contributed by atoms with E-state index in [4.69, 9.17) is 19.9 Å². The van der Waals surface area contributed by atoms with Crippen molar-refractivity contribution in [2.24, 2.45) is 0 Å². The summed E-state index contributed by atoms with van der Waals surface area (Å²) in [4.78, 5) is 12.5. The normalized spacial score (nSPS) is 10.2. The van der Waals surface area contributed by atoms with E-state index >= 15 is 0 Å². The summed E-state index contributed by atoms with van der Waals surface area (Å²) in [6, 6.07) is 14.8. The molecule has 1 aromatic heterocycles. The second-order valence-electron chi connectivity index (χ2n) is 5.26. The summed E-state index contributed by atoms with van der Waals surface area (Å²) in [5.41, 5.74) is 6.63. The number of aromatic nitrogens is 3. The quantitative estimate of drug-likeness (QED) is 0.668. The highest BCUT2D eigenvalue weighted by molar-refractivity contribution is 5.53. The Hall–Kier alpha value is -3.55. The van der Waals surface area contributed by atoms with E-state index in [0.717, 1.165) is 5.69 Å². The molecule has 0 saturated carbocycles. The Balaban J connectivity index is 1.74. The zero-order valence-corrected chi connectivity index (χ0v) is 14.5. The average molecular weight is 353 g/mol. The number of hydrogen-bond acceptors (Lipinski definition) is 8. The van der Waals surface area contributed by atoms with Crippen LogP contribution >= 0.6 is 0 Å². The Kier molecular flexibility index (Phi) is 5.33. The number of nitrogens with one attached hydrogen (secondary N) is 1. The molecule has 26 heavy (non-hydrogen) atoms. The zero-order valence-electron chi connectivity index (χ0n) is 14.5. The maximum atomic E-state index is 5.78. The number of methoxy groups -OCH3 is 2. The Bertz CT molecular complexity index is 852. The number of para-hydroxylation sites is 1. The third kappa shape index (κ3) is 4.50. The molecule has 8 heteroatoms. The summed E-state index contributed by atoms with van der Waals surface area (Å²) < 4.78 is 16.2. The number of hydrogen-bond donors (Lipinski definition) is 2. The lowest BCUT2D eigenvalue weighted by atomic mass is 10.3. The predicted molar refractivity (Wildman–Crippen MR) is 97.8 cm³/mol. The summed E-state index contributed by atoms with van der Waals surface area (Å²) in [7, 11) is 3.15. The number of benzene rings is 2. The number of rotatable bonds is 7. The van der Waals surface area contributed by atoms with Crippen LogP contribution in [0.2, 0.25) is 0 Å². The van der Waals surface area contributed by atoms with Crippen molar-refractivity contribution in [2.45, 2.75) is 6.61 Å². The molecule has 8 nitrogen and oxygen atoms in total. The monoisotopic (exact) mass is 353 g/mol. The predicted octanol–water partition coefficient (Wildman–Crippen LogP) is 2.79. The molecule has 1 heterocycles. The van der Waals surface area contributed by atoms with Crippen LogP contribution in [-0.4, -0.2) is 29.2 Å². The van der Waals surface area contributed by atoms with Crippen LogP contribution in [0.15, 0.2) is 48.5 Å². The third-order valence-corrected chi connectivity index (χ3v) is 3.42. The van der Waals surface area contributed by atoms with Gasteiger partial charge in [0.2, 0.25) is 11.9 Å².